The molecule has 0 bridgehead atoms. The number of rotatable bonds is 5. The van der Waals surface area contributed by atoms with Crippen LogP contribution in [0.1, 0.15) is 38.3 Å². The van der Waals surface area contributed by atoms with Crippen molar-refractivity contribution in [2.45, 2.75) is 45.1 Å². The zero-order valence-corrected chi connectivity index (χ0v) is 11.4. The Kier molecular flexibility index (Phi) is 4.47. The Morgan fingerprint density at radius 2 is 2.33 bits per heavy atom. The number of aromatic nitrogens is 2. The summed E-state index contributed by atoms with van der Waals surface area (Å²) in [4.78, 5) is 0. The predicted molar refractivity (Wildman–Crippen MR) is 73.7 cm³/mol. The summed E-state index contributed by atoms with van der Waals surface area (Å²) in [5.74, 6) is 0.924. The van der Waals surface area contributed by atoms with Gasteiger partial charge in [0, 0.05) is 20.2 Å². The maximum absolute atomic E-state index is 6.12. The minimum absolute atomic E-state index is 0.308. The largest absolute Gasteiger partial charge is 0.394 e. The van der Waals surface area contributed by atoms with Gasteiger partial charge in [0.2, 0.25) is 0 Å². The molecule has 3 N–H and O–H groups in total. The van der Waals surface area contributed by atoms with E-state index in [1.807, 2.05) is 11.7 Å². The average molecular weight is 252 g/mol. The number of hydrogen-bond acceptors (Lipinski definition) is 4. The monoisotopic (exact) mass is 252 g/mol. The normalized spacial score (nSPS) is 20.0. The Morgan fingerprint density at radius 3 is 3.00 bits per heavy atom. The predicted octanol–water partition coefficient (Wildman–Crippen LogP) is 1.94. The van der Waals surface area contributed by atoms with Gasteiger partial charge in [-0.15, -0.1) is 0 Å². The first-order valence-corrected chi connectivity index (χ1v) is 6.89. The molecule has 0 aliphatic carbocycles. The first kappa shape index (κ1) is 13.2. The van der Waals surface area contributed by atoms with Gasteiger partial charge in [0.05, 0.1) is 17.5 Å². The molecule has 0 spiro atoms. The lowest BCUT2D eigenvalue weighted by Crippen LogP contribution is -2.27. The van der Waals surface area contributed by atoms with Gasteiger partial charge in [-0.3, -0.25) is 4.68 Å². The summed E-state index contributed by atoms with van der Waals surface area (Å²) in [6, 6.07) is 0. The van der Waals surface area contributed by atoms with Crippen LogP contribution in [0.15, 0.2) is 0 Å². The highest BCUT2D eigenvalue weighted by atomic mass is 16.5. The van der Waals surface area contributed by atoms with Crippen LogP contribution in [-0.4, -0.2) is 29.0 Å². The Morgan fingerprint density at radius 1 is 1.50 bits per heavy atom. The maximum Gasteiger partial charge on any atom is 0.147 e. The van der Waals surface area contributed by atoms with Gasteiger partial charge >= 0.3 is 0 Å². The number of aryl methyl sites for hydroxylation is 2. The van der Waals surface area contributed by atoms with Crippen molar-refractivity contribution < 1.29 is 4.74 Å². The van der Waals surface area contributed by atoms with Crippen molar-refractivity contribution >= 4 is 11.5 Å². The fourth-order valence-electron chi connectivity index (χ4n) is 2.41. The zero-order chi connectivity index (χ0) is 13.0. The topological polar surface area (TPSA) is 65.1 Å². The lowest BCUT2D eigenvalue weighted by molar-refractivity contribution is 0.0247. The van der Waals surface area contributed by atoms with E-state index in [9.17, 15) is 0 Å². The van der Waals surface area contributed by atoms with E-state index in [1.165, 1.54) is 12.8 Å². The Labute approximate surface area is 109 Å². The van der Waals surface area contributed by atoms with E-state index in [2.05, 4.69) is 17.3 Å². The molecule has 2 rings (SSSR count). The molecular formula is C13H24N4O. The third kappa shape index (κ3) is 2.96. The number of nitrogen functional groups attached to an aromatic ring is 1. The molecule has 1 aromatic rings. The molecule has 1 fully saturated rings. The highest BCUT2D eigenvalue weighted by Crippen LogP contribution is 2.23. The van der Waals surface area contributed by atoms with Crippen LogP contribution in [0.2, 0.25) is 0 Å². The molecule has 0 aromatic carbocycles. The van der Waals surface area contributed by atoms with Crippen LogP contribution in [0.3, 0.4) is 0 Å². The van der Waals surface area contributed by atoms with Gasteiger partial charge in [-0.05, 0) is 25.7 Å². The molecule has 0 radical (unpaired) electrons. The van der Waals surface area contributed by atoms with Crippen molar-refractivity contribution in [3.8, 4) is 0 Å². The molecule has 1 unspecified atom stereocenters. The molecule has 5 nitrogen and oxygen atoms in total. The van der Waals surface area contributed by atoms with Gasteiger partial charge in [0.25, 0.3) is 0 Å². The lowest BCUT2D eigenvalue weighted by atomic mass is 10.1. The Bertz CT molecular complexity index is 383. The summed E-state index contributed by atoms with van der Waals surface area (Å²) < 4.78 is 7.54. The summed E-state index contributed by atoms with van der Waals surface area (Å²) in [6.07, 6.45) is 5.88. The van der Waals surface area contributed by atoms with Crippen LogP contribution in [0, 0.1) is 0 Å². The van der Waals surface area contributed by atoms with Crippen molar-refractivity contribution in [2.75, 3.05) is 24.2 Å². The first-order valence-electron chi connectivity index (χ1n) is 6.89. The molecular weight excluding hydrogens is 228 g/mol. The molecule has 2 heterocycles. The van der Waals surface area contributed by atoms with Crippen LogP contribution >= 0.6 is 0 Å². The minimum atomic E-state index is 0.308. The van der Waals surface area contributed by atoms with Crippen LogP contribution in [0.4, 0.5) is 11.5 Å². The van der Waals surface area contributed by atoms with Crippen molar-refractivity contribution in [1.29, 1.82) is 0 Å². The number of nitrogens with zero attached hydrogens (tertiary/aromatic N) is 2. The third-order valence-electron chi connectivity index (χ3n) is 3.42. The molecule has 18 heavy (non-hydrogen) atoms. The van der Waals surface area contributed by atoms with Gasteiger partial charge < -0.3 is 15.8 Å². The van der Waals surface area contributed by atoms with E-state index < -0.39 is 0 Å². The molecule has 5 heteroatoms. The molecule has 1 saturated heterocycles. The van der Waals surface area contributed by atoms with Gasteiger partial charge in [-0.25, -0.2) is 0 Å². The quantitative estimate of drug-likeness (QED) is 0.840. The lowest BCUT2D eigenvalue weighted by Gasteiger charge is -2.23. The van der Waals surface area contributed by atoms with Crippen molar-refractivity contribution in [3.63, 3.8) is 0 Å². The molecule has 1 atom stereocenters. The van der Waals surface area contributed by atoms with Crippen LogP contribution in [0.5, 0.6) is 0 Å². The second-order valence-electron chi connectivity index (χ2n) is 4.95. The highest BCUT2D eigenvalue weighted by Gasteiger charge is 2.16. The van der Waals surface area contributed by atoms with E-state index in [-0.39, 0.29) is 0 Å². The standard InChI is InChI=1S/C13H24N4O/c1-3-6-11-12(14)13(17(2)16-11)15-9-10-7-4-5-8-18-10/h10,15H,3-9,14H2,1-2H3. The molecule has 1 aromatic heterocycles. The van der Waals surface area contributed by atoms with Crippen molar-refractivity contribution in [2.24, 2.45) is 7.05 Å². The Hall–Kier alpha value is -1.23. The molecule has 1 aliphatic rings. The summed E-state index contributed by atoms with van der Waals surface area (Å²) in [6.45, 7) is 3.83. The second-order valence-corrected chi connectivity index (χ2v) is 4.95. The van der Waals surface area contributed by atoms with Gasteiger partial charge in [-0.2, -0.15) is 5.10 Å². The van der Waals surface area contributed by atoms with E-state index in [0.717, 1.165) is 49.6 Å². The smallest absolute Gasteiger partial charge is 0.147 e. The van der Waals surface area contributed by atoms with E-state index in [4.69, 9.17) is 10.5 Å². The molecule has 102 valence electrons. The first-order chi connectivity index (χ1) is 8.72. The summed E-state index contributed by atoms with van der Waals surface area (Å²) >= 11 is 0. The van der Waals surface area contributed by atoms with E-state index in [1.54, 1.807) is 0 Å². The highest BCUT2D eigenvalue weighted by molar-refractivity contribution is 5.65. The number of ether oxygens (including phenoxy) is 1. The van der Waals surface area contributed by atoms with Crippen molar-refractivity contribution in [3.05, 3.63) is 5.69 Å². The SMILES string of the molecule is CCCc1nn(C)c(NCC2CCCCO2)c1N. The van der Waals surface area contributed by atoms with Crippen LogP contribution < -0.4 is 11.1 Å². The summed E-state index contributed by atoms with van der Waals surface area (Å²) in [7, 11) is 1.93. The maximum atomic E-state index is 6.12. The van der Waals surface area contributed by atoms with Gasteiger partial charge in [0.15, 0.2) is 0 Å². The summed E-state index contributed by atoms with van der Waals surface area (Å²) in [5, 5.41) is 7.83. The van der Waals surface area contributed by atoms with Gasteiger partial charge in [0.1, 0.15) is 5.82 Å². The number of nitrogens with one attached hydrogen (secondary N) is 1. The second kappa shape index (κ2) is 6.09. The van der Waals surface area contributed by atoms with Crippen molar-refractivity contribution in [1.82, 2.24) is 9.78 Å². The van der Waals surface area contributed by atoms with Gasteiger partial charge in [-0.1, -0.05) is 13.3 Å². The minimum Gasteiger partial charge on any atom is -0.394 e. The molecule has 0 saturated carbocycles. The van der Waals surface area contributed by atoms with Crippen LogP contribution in [-0.2, 0) is 18.2 Å². The number of nitrogens with two attached hydrogens (primary N) is 1. The third-order valence-corrected chi connectivity index (χ3v) is 3.42. The molecule has 1 aliphatic heterocycles. The fourth-order valence-corrected chi connectivity index (χ4v) is 2.41. The van der Waals surface area contributed by atoms with E-state index >= 15 is 0 Å². The molecule has 0 amide bonds. The number of anilines is 2. The van der Waals surface area contributed by atoms with E-state index in [0.29, 0.717) is 6.10 Å². The summed E-state index contributed by atoms with van der Waals surface area (Å²) in [5.41, 5.74) is 7.90. The Balaban J connectivity index is 1.95. The number of hydrogen-bond donors (Lipinski definition) is 2. The fraction of sp³-hybridized carbons (Fsp3) is 0.769. The average Bonchev–Trinajstić information content (AvgIpc) is 2.64. The zero-order valence-electron chi connectivity index (χ0n) is 11.4. The van der Waals surface area contributed by atoms with Crippen LogP contribution in [0.25, 0.3) is 0 Å².